The number of carbonyl (C=O) groups is 3. The summed E-state index contributed by atoms with van der Waals surface area (Å²) in [5.74, 6) is -1.03. The molecule has 0 aliphatic carbocycles. The largest absolute Gasteiger partial charge is 0.370 e. The number of aliphatic imine (C=N–C) groups is 2. The fourth-order valence-electron chi connectivity index (χ4n) is 4.35. The molecule has 9 N–H and O–H groups in total. The number of thiazole rings is 1. The highest BCUT2D eigenvalue weighted by Crippen LogP contribution is 2.23. The van der Waals surface area contributed by atoms with Gasteiger partial charge in [0.05, 0.1) is 18.3 Å². The summed E-state index contributed by atoms with van der Waals surface area (Å²) in [5.41, 5.74) is 23.2. The third-order valence-corrected chi connectivity index (χ3v) is 6.93. The van der Waals surface area contributed by atoms with Crippen LogP contribution in [0, 0.1) is 5.92 Å². The highest BCUT2D eigenvalue weighted by molar-refractivity contribution is 7.11. The molecule has 2 atom stereocenters. The van der Waals surface area contributed by atoms with E-state index in [4.69, 9.17) is 22.9 Å². The third kappa shape index (κ3) is 8.83. The van der Waals surface area contributed by atoms with Crippen LogP contribution in [0.3, 0.4) is 0 Å². The zero-order valence-corrected chi connectivity index (χ0v) is 22.0. The second-order valence-corrected chi connectivity index (χ2v) is 10.0. The van der Waals surface area contributed by atoms with Gasteiger partial charge < -0.3 is 33.2 Å². The van der Waals surface area contributed by atoms with Crippen LogP contribution in [0.5, 0.6) is 0 Å². The zero-order chi connectivity index (χ0) is 27.5. The third-order valence-electron chi connectivity index (χ3n) is 6.14. The smallest absolute Gasteiger partial charge is 0.240 e. The van der Waals surface area contributed by atoms with Gasteiger partial charge in [0.15, 0.2) is 16.9 Å². The molecule has 38 heavy (non-hydrogen) atoms. The molecule has 1 aromatic carbocycles. The number of aromatic nitrogens is 1. The number of hydrogen-bond acceptors (Lipinski definition) is 7. The van der Waals surface area contributed by atoms with Crippen LogP contribution < -0.4 is 28.3 Å². The first-order valence-electron chi connectivity index (χ1n) is 12.5. The number of nitrogens with zero attached hydrogens (tertiary/aromatic N) is 4. The van der Waals surface area contributed by atoms with Crippen molar-refractivity contribution < 1.29 is 14.4 Å². The Morgan fingerprint density at radius 1 is 1.13 bits per heavy atom. The average molecular weight is 542 g/mol. The lowest BCUT2D eigenvalue weighted by Gasteiger charge is -2.25. The standard InChI is InChI=1S/C25H35N9O3S/c26-24(27)31-10-3-5-19(21(36)22-30-11-13-38-22)33-20(35)15-34-12-2-1-4-17(23(34)37)14-16-6-8-18(9-7-16)32-25(28)29/h6-9,11,13,17,19H,1-5,10,12,14-15H2,(H,33,35)(H4,26,27,31)(H4,28,29,32)/t17?,19-/m0/s1. The number of carbonyl (C=O) groups excluding carboxylic acids is 3. The van der Waals surface area contributed by atoms with E-state index < -0.39 is 11.9 Å². The molecule has 13 heteroatoms. The van der Waals surface area contributed by atoms with Gasteiger partial charge in [0, 0.05) is 30.6 Å². The van der Waals surface area contributed by atoms with E-state index in [1.807, 2.05) is 12.1 Å². The van der Waals surface area contributed by atoms with Gasteiger partial charge in [-0.2, -0.15) is 0 Å². The summed E-state index contributed by atoms with van der Waals surface area (Å²) >= 11 is 1.21. The Kier molecular flexibility index (Phi) is 10.6. The molecule has 12 nitrogen and oxygen atoms in total. The number of guanidine groups is 2. The number of hydrogen-bond donors (Lipinski definition) is 5. The summed E-state index contributed by atoms with van der Waals surface area (Å²) in [6.07, 6.45) is 5.35. The van der Waals surface area contributed by atoms with E-state index in [-0.39, 0.29) is 36.1 Å². The molecule has 1 unspecified atom stereocenters. The van der Waals surface area contributed by atoms with Crippen LogP contribution in [0.15, 0.2) is 45.8 Å². The van der Waals surface area contributed by atoms with Gasteiger partial charge >= 0.3 is 0 Å². The van der Waals surface area contributed by atoms with Gasteiger partial charge in [0.1, 0.15) is 0 Å². The van der Waals surface area contributed by atoms with Crippen LogP contribution in [-0.4, -0.2) is 65.1 Å². The Balaban J connectivity index is 1.63. The first-order chi connectivity index (χ1) is 18.2. The number of likely N-dealkylation sites (tertiary alicyclic amines) is 1. The number of nitrogens with two attached hydrogens (primary N) is 4. The lowest BCUT2D eigenvalue weighted by atomic mass is 9.94. The van der Waals surface area contributed by atoms with Gasteiger partial charge in [0.25, 0.3) is 0 Å². The van der Waals surface area contributed by atoms with Crippen molar-refractivity contribution in [3.63, 3.8) is 0 Å². The van der Waals surface area contributed by atoms with E-state index in [1.54, 1.807) is 28.6 Å². The van der Waals surface area contributed by atoms with E-state index in [9.17, 15) is 14.4 Å². The molecule has 3 rings (SSSR count). The molecular weight excluding hydrogens is 506 g/mol. The Morgan fingerprint density at radius 3 is 2.55 bits per heavy atom. The number of nitrogens with one attached hydrogen (secondary N) is 1. The predicted molar refractivity (Wildman–Crippen MR) is 148 cm³/mol. The van der Waals surface area contributed by atoms with Crippen LogP contribution >= 0.6 is 11.3 Å². The van der Waals surface area contributed by atoms with Gasteiger partial charge in [-0.3, -0.25) is 19.4 Å². The van der Waals surface area contributed by atoms with Gasteiger partial charge in [-0.05, 0) is 49.8 Å². The molecule has 0 spiro atoms. The number of rotatable bonds is 12. The SMILES string of the molecule is NC(N)=NCCC[C@H](NC(=O)CN1CCCCC(Cc2ccc(N=C(N)N)cc2)C1=O)C(=O)c1nccs1. The molecule has 1 aromatic heterocycles. The maximum atomic E-state index is 13.4. The number of Topliss-reactive ketones (excluding diaryl/α,β-unsaturated/α-hetero) is 1. The average Bonchev–Trinajstić information content (AvgIpc) is 3.36. The quantitative estimate of drug-likeness (QED) is 0.111. The first kappa shape index (κ1) is 28.6. The number of amides is 2. The second kappa shape index (κ2) is 14.1. The van der Waals surface area contributed by atoms with Crippen molar-refractivity contribution in [3.05, 3.63) is 46.4 Å². The van der Waals surface area contributed by atoms with Crippen LogP contribution in [0.1, 0.15) is 47.5 Å². The summed E-state index contributed by atoms with van der Waals surface area (Å²) in [5, 5.41) is 4.83. The summed E-state index contributed by atoms with van der Waals surface area (Å²) in [6, 6.07) is 6.61. The van der Waals surface area contributed by atoms with Crippen LogP contribution in [-0.2, 0) is 16.0 Å². The van der Waals surface area contributed by atoms with Crippen molar-refractivity contribution in [2.24, 2.45) is 38.8 Å². The molecule has 0 bridgehead atoms. The summed E-state index contributed by atoms with van der Waals surface area (Å²) in [6.45, 7) is 0.704. The van der Waals surface area contributed by atoms with Crippen LogP contribution in [0.25, 0.3) is 0 Å². The first-order valence-corrected chi connectivity index (χ1v) is 13.4. The van der Waals surface area contributed by atoms with Crippen LogP contribution in [0.4, 0.5) is 5.69 Å². The molecule has 1 saturated heterocycles. The van der Waals surface area contributed by atoms with Crippen molar-refractivity contribution in [2.45, 2.75) is 44.6 Å². The van der Waals surface area contributed by atoms with Gasteiger partial charge in [-0.1, -0.05) is 18.6 Å². The molecule has 2 amide bonds. The van der Waals surface area contributed by atoms with E-state index >= 15 is 0 Å². The fraction of sp³-hybridized carbons (Fsp3) is 0.440. The fourth-order valence-corrected chi connectivity index (χ4v) is 4.98. The Bertz CT molecular complexity index is 1140. The molecular formula is C25H35N9O3S. The van der Waals surface area contributed by atoms with Crippen molar-refractivity contribution in [1.82, 2.24) is 15.2 Å². The number of ketones is 1. The second-order valence-electron chi connectivity index (χ2n) is 9.13. The zero-order valence-electron chi connectivity index (χ0n) is 21.2. The van der Waals surface area contributed by atoms with Gasteiger partial charge in [-0.15, -0.1) is 11.3 Å². The molecule has 2 aromatic rings. The Labute approximate surface area is 225 Å². The minimum atomic E-state index is -0.788. The molecule has 1 aliphatic rings. The normalized spacial score (nSPS) is 16.3. The minimum Gasteiger partial charge on any atom is -0.370 e. The maximum absolute atomic E-state index is 13.4. The Morgan fingerprint density at radius 2 is 1.89 bits per heavy atom. The molecule has 1 fully saturated rings. The maximum Gasteiger partial charge on any atom is 0.240 e. The van der Waals surface area contributed by atoms with Gasteiger partial charge in [-0.25, -0.2) is 9.98 Å². The minimum absolute atomic E-state index is 0.0186. The van der Waals surface area contributed by atoms with Crippen molar-refractivity contribution in [3.8, 4) is 0 Å². The molecule has 0 radical (unpaired) electrons. The molecule has 0 saturated carbocycles. The highest BCUT2D eigenvalue weighted by atomic mass is 32.1. The molecule has 1 aliphatic heterocycles. The monoisotopic (exact) mass is 541 g/mol. The van der Waals surface area contributed by atoms with E-state index in [2.05, 4.69) is 20.3 Å². The number of benzene rings is 1. The molecule has 2 heterocycles. The lowest BCUT2D eigenvalue weighted by Crippen LogP contribution is -2.48. The van der Waals surface area contributed by atoms with Gasteiger partial charge in [0.2, 0.25) is 17.6 Å². The Hall–Kier alpha value is -4.00. The molecule has 204 valence electrons. The van der Waals surface area contributed by atoms with Crippen molar-refractivity contribution in [2.75, 3.05) is 19.6 Å². The summed E-state index contributed by atoms with van der Waals surface area (Å²) in [4.78, 5) is 52.9. The van der Waals surface area contributed by atoms with Crippen LogP contribution in [0.2, 0.25) is 0 Å². The van der Waals surface area contributed by atoms with Crippen molar-refractivity contribution in [1.29, 1.82) is 0 Å². The van der Waals surface area contributed by atoms with Crippen molar-refractivity contribution >= 4 is 46.5 Å². The van der Waals surface area contributed by atoms with E-state index in [0.717, 1.165) is 24.8 Å². The summed E-state index contributed by atoms with van der Waals surface area (Å²) in [7, 11) is 0. The highest BCUT2D eigenvalue weighted by Gasteiger charge is 2.30. The predicted octanol–water partition coefficient (Wildman–Crippen LogP) is 0.641. The van der Waals surface area contributed by atoms with E-state index in [0.29, 0.717) is 43.0 Å². The van der Waals surface area contributed by atoms with E-state index in [1.165, 1.54) is 11.3 Å². The topological polar surface area (TPSA) is 208 Å². The summed E-state index contributed by atoms with van der Waals surface area (Å²) < 4.78 is 0. The lowest BCUT2D eigenvalue weighted by molar-refractivity contribution is -0.139.